The summed E-state index contributed by atoms with van der Waals surface area (Å²) in [5.41, 5.74) is 8.11. The van der Waals surface area contributed by atoms with Gasteiger partial charge in [-0.3, -0.25) is 0 Å². The van der Waals surface area contributed by atoms with Gasteiger partial charge in [-0.2, -0.15) is 0 Å². The molecule has 6 nitrogen and oxygen atoms in total. The SMILES string of the molecule is B[C@@H]1O[C@](F)(CO)[C@@H](O)[C@H]1N=[N+]=[N-]. The maximum Gasteiger partial charge on any atom is 0.258 e. The highest BCUT2D eigenvalue weighted by Crippen LogP contribution is 2.32. The van der Waals surface area contributed by atoms with E-state index in [1.54, 1.807) is 0 Å². The van der Waals surface area contributed by atoms with Crippen LogP contribution in [0.5, 0.6) is 0 Å². The van der Waals surface area contributed by atoms with Gasteiger partial charge in [-0.25, -0.2) is 4.39 Å². The van der Waals surface area contributed by atoms with Crippen molar-refractivity contribution >= 4 is 7.85 Å². The summed E-state index contributed by atoms with van der Waals surface area (Å²) in [7, 11) is 1.46. The van der Waals surface area contributed by atoms with Gasteiger partial charge in [0.25, 0.3) is 5.85 Å². The largest absolute Gasteiger partial charge is 0.390 e. The van der Waals surface area contributed by atoms with Gasteiger partial charge in [-0.15, -0.1) is 0 Å². The summed E-state index contributed by atoms with van der Waals surface area (Å²) >= 11 is 0. The monoisotopic (exact) mass is 189 g/mol. The van der Waals surface area contributed by atoms with Crippen molar-refractivity contribution < 1.29 is 19.3 Å². The molecule has 0 aromatic rings. The maximum absolute atomic E-state index is 13.4. The molecule has 0 saturated carbocycles. The maximum atomic E-state index is 13.4. The van der Waals surface area contributed by atoms with Crippen LogP contribution in [0.1, 0.15) is 0 Å². The molecule has 1 aliphatic rings. The molecule has 0 unspecified atom stereocenters. The fourth-order valence-electron chi connectivity index (χ4n) is 1.31. The van der Waals surface area contributed by atoms with Crippen LogP contribution >= 0.6 is 0 Å². The summed E-state index contributed by atoms with van der Waals surface area (Å²) in [5.74, 6) is -2.52. The second-order valence-corrected chi connectivity index (χ2v) is 2.91. The van der Waals surface area contributed by atoms with Crippen molar-refractivity contribution in [1.82, 2.24) is 0 Å². The van der Waals surface area contributed by atoms with E-state index in [9.17, 15) is 9.50 Å². The van der Waals surface area contributed by atoms with Crippen molar-refractivity contribution in [2.45, 2.75) is 24.0 Å². The van der Waals surface area contributed by atoms with Crippen LogP contribution in [-0.4, -0.2) is 48.7 Å². The number of alkyl halides is 1. The summed E-state index contributed by atoms with van der Waals surface area (Å²) in [6, 6.07) is -1.75. The molecule has 0 bridgehead atoms. The third-order valence-electron chi connectivity index (χ3n) is 2.03. The van der Waals surface area contributed by atoms with Gasteiger partial charge in [0.1, 0.15) is 20.6 Å². The first-order chi connectivity index (χ1) is 6.05. The van der Waals surface area contributed by atoms with Crippen molar-refractivity contribution in [2.75, 3.05) is 6.61 Å². The number of ether oxygens (including phenoxy) is 1. The molecule has 1 saturated heterocycles. The van der Waals surface area contributed by atoms with Crippen molar-refractivity contribution in [2.24, 2.45) is 5.11 Å². The molecule has 2 N–H and O–H groups in total. The fourth-order valence-corrected chi connectivity index (χ4v) is 1.31. The molecule has 0 radical (unpaired) electrons. The van der Waals surface area contributed by atoms with Crippen molar-refractivity contribution in [3.63, 3.8) is 0 Å². The molecule has 8 heteroatoms. The average molecular weight is 189 g/mol. The first kappa shape index (κ1) is 10.3. The van der Waals surface area contributed by atoms with Crippen LogP contribution in [0, 0.1) is 0 Å². The number of hydrogen-bond acceptors (Lipinski definition) is 4. The molecule has 0 aromatic heterocycles. The zero-order valence-corrected chi connectivity index (χ0v) is 6.96. The van der Waals surface area contributed by atoms with Gasteiger partial charge < -0.3 is 14.9 Å². The van der Waals surface area contributed by atoms with Gasteiger partial charge in [0.05, 0.1) is 6.04 Å². The van der Waals surface area contributed by atoms with Crippen LogP contribution in [0.3, 0.4) is 0 Å². The number of aliphatic hydroxyl groups excluding tert-OH is 2. The molecule has 0 aliphatic carbocycles. The minimum Gasteiger partial charge on any atom is -0.390 e. The van der Waals surface area contributed by atoms with Crippen LogP contribution in [0.2, 0.25) is 0 Å². The van der Waals surface area contributed by atoms with E-state index < -0.39 is 30.6 Å². The third kappa shape index (κ3) is 1.61. The molecule has 1 heterocycles. The molecule has 0 amide bonds. The van der Waals surface area contributed by atoms with Gasteiger partial charge in [-0.05, 0) is 5.53 Å². The molecular formula is C5H9BFN3O3. The van der Waals surface area contributed by atoms with E-state index in [4.69, 9.17) is 10.6 Å². The Hall–Kier alpha value is -0.815. The fraction of sp³-hybridized carbons (Fsp3) is 1.00. The van der Waals surface area contributed by atoms with Gasteiger partial charge in [0.15, 0.2) is 0 Å². The highest BCUT2D eigenvalue weighted by molar-refractivity contribution is 6.11. The van der Waals surface area contributed by atoms with Crippen LogP contribution in [0.4, 0.5) is 4.39 Å². The summed E-state index contributed by atoms with van der Waals surface area (Å²) in [6.45, 7) is -0.962. The summed E-state index contributed by atoms with van der Waals surface area (Å²) < 4.78 is 18.0. The molecule has 0 aromatic carbocycles. The predicted octanol–water partition coefficient (Wildman–Crippen LogP) is -1.33. The third-order valence-corrected chi connectivity index (χ3v) is 2.03. The second-order valence-electron chi connectivity index (χ2n) is 2.91. The molecule has 1 rings (SSSR count). The number of azide groups is 1. The molecule has 0 spiro atoms. The van der Waals surface area contributed by atoms with E-state index in [1.165, 1.54) is 7.85 Å². The van der Waals surface area contributed by atoms with E-state index in [0.717, 1.165) is 0 Å². The van der Waals surface area contributed by atoms with Gasteiger partial charge in [0, 0.05) is 10.9 Å². The minimum atomic E-state index is -2.52. The van der Waals surface area contributed by atoms with E-state index >= 15 is 0 Å². The van der Waals surface area contributed by atoms with Gasteiger partial charge in [-0.1, -0.05) is 5.11 Å². The molecular weight excluding hydrogens is 180 g/mol. The lowest BCUT2D eigenvalue weighted by Crippen LogP contribution is -2.41. The van der Waals surface area contributed by atoms with E-state index in [-0.39, 0.29) is 0 Å². The Morgan fingerprint density at radius 3 is 2.77 bits per heavy atom. The Labute approximate surface area is 74.3 Å². The Bertz CT molecular complexity index is 249. The van der Waals surface area contributed by atoms with Crippen molar-refractivity contribution in [1.29, 1.82) is 0 Å². The first-order valence-corrected chi connectivity index (χ1v) is 3.75. The van der Waals surface area contributed by atoms with Gasteiger partial charge in [0.2, 0.25) is 0 Å². The topological polar surface area (TPSA) is 98.5 Å². The summed E-state index contributed by atoms with van der Waals surface area (Å²) in [4.78, 5) is 2.46. The van der Waals surface area contributed by atoms with Gasteiger partial charge >= 0.3 is 0 Å². The predicted molar refractivity (Wildman–Crippen MR) is 43.3 cm³/mol. The smallest absolute Gasteiger partial charge is 0.258 e. The highest BCUT2D eigenvalue weighted by Gasteiger charge is 2.53. The molecule has 1 aliphatic heterocycles. The van der Waals surface area contributed by atoms with Crippen molar-refractivity contribution in [3.05, 3.63) is 10.4 Å². The minimum absolute atomic E-state index is 0.747. The Morgan fingerprint density at radius 2 is 2.38 bits per heavy atom. The van der Waals surface area contributed by atoms with Crippen LogP contribution in [0.15, 0.2) is 5.11 Å². The molecule has 4 atom stereocenters. The Kier molecular flexibility index (Phi) is 2.77. The zero-order valence-electron chi connectivity index (χ0n) is 6.96. The number of halogens is 1. The van der Waals surface area contributed by atoms with E-state index in [0.29, 0.717) is 0 Å². The first-order valence-electron chi connectivity index (χ1n) is 3.75. The molecule has 13 heavy (non-hydrogen) atoms. The zero-order chi connectivity index (χ0) is 10.1. The van der Waals surface area contributed by atoms with E-state index in [1.807, 2.05) is 0 Å². The lowest BCUT2D eigenvalue weighted by atomic mass is 9.91. The number of aliphatic hydroxyl groups is 2. The number of hydrogen-bond donors (Lipinski definition) is 2. The van der Waals surface area contributed by atoms with Crippen LogP contribution in [-0.2, 0) is 4.74 Å². The second kappa shape index (κ2) is 3.51. The normalized spacial score (nSPS) is 44.4. The Morgan fingerprint density at radius 1 is 1.77 bits per heavy atom. The summed E-state index contributed by atoms with van der Waals surface area (Å²) in [5, 5.41) is 21.1. The van der Waals surface area contributed by atoms with Crippen LogP contribution in [0.25, 0.3) is 10.4 Å². The quantitative estimate of drug-likeness (QED) is 0.243. The van der Waals surface area contributed by atoms with Crippen LogP contribution < -0.4 is 0 Å². The van der Waals surface area contributed by atoms with E-state index in [2.05, 4.69) is 14.8 Å². The Balaban J connectivity index is 2.86. The number of nitrogens with zero attached hydrogens (tertiary/aromatic N) is 3. The number of rotatable bonds is 2. The highest BCUT2D eigenvalue weighted by atomic mass is 19.2. The molecule has 72 valence electrons. The lowest BCUT2D eigenvalue weighted by molar-refractivity contribution is -0.185. The molecule has 1 fully saturated rings. The van der Waals surface area contributed by atoms with Crippen molar-refractivity contribution in [3.8, 4) is 0 Å². The average Bonchev–Trinajstić information content (AvgIpc) is 2.31. The standard InChI is InChI=1S/C5H9BFN3O3/c6-4-2(9-10-8)3(12)5(7,1-11)13-4/h2-4,11-12H,1,6H2/t2-,3+,4-,5-/m1/s1. The lowest BCUT2D eigenvalue weighted by Gasteiger charge is -2.20. The summed E-state index contributed by atoms with van der Waals surface area (Å²) in [6.07, 6.45) is -1.62.